The Kier molecular flexibility index (Phi) is 5.09. The first kappa shape index (κ1) is 20.5. The SMILES string of the molecule is COc1ccc(O)c([C@H]2OCC[C@@]34C[C@@H](C[C@H]23)C(C)(C)[C@H]4NC(=O)CC(C)C)c1. The Bertz CT molecular complexity index is 789. The minimum Gasteiger partial charge on any atom is -0.508 e. The van der Waals surface area contributed by atoms with E-state index in [2.05, 4.69) is 33.0 Å². The van der Waals surface area contributed by atoms with Gasteiger partial charge in [0.1, 0.15) is 11.5 Å². The lowest BCUT2D eigenvalue weighted by Crippen LogP contribution is -2.59. The summed E-state index contributed by atoms with van der Waals surface area (Å²) < 4.78 is 11.7. The summed E-state index contributed by atoms with van der Waals surface area (Å²) in [6, 6.07) is 5.51. The second-order valence-corrected chi connectivity index (χ2v) is 10.4. The highest BCUT2D eigenvalue weighted by Gasteiger charge is 2.68. The Morgan fingerprint density at radius 3 is 2.83 bits per heavy atom. The number of aromatic hydroxyl groups is 1. The molecule has 3 fully saturated rings. The fourth-order valence-electron chi connectivity index (χ4n) is 6.57. The predicted molar refractivity (Wildman–Crippen MR) is 112 cm³/mol. The molecular formula is C24H35NO4. The average Bonchev–Trinajstić information content (AvgIpc) is 3.14. The zero-order valence-electron chi connectivity index (χ0n) is 18.3. The molecule has 1 amide bonds. The van der Waals surface area contributed by atoms with Crippen LogP contribution < -0.4 is 10.1 Å². The maximum atomic E-state index is 12.7. The molecule has 1 aliphatic heterocycles. The lowest BCUT2D eigenvalue weighted by molar-refractivity contribution is -0.138. The monoisotopic (exact) mass is 401 g/mol. The largest absolute Gasteiger partial charge is 0.508 e. The molecule has 5 heteroatoms. The summed E-state index contributed by atoms with van der Waals surface area (Å²) in [6.45, 7) is 9.45. The number of hydrogen-bond acceptors (Lipinski definition) is 4. The van der Waals surface area contributed by atoms with E-state index < -0.39 is 0 Å². The molecule has 0 unspecified atom stereocenters. The van der Waals surface area contributed by atoms with Gasteiger partial charge < -0.3 is 19.9 Å². The van der Waals surface area contributed by atoms with Gasteiger partial charge in [-0.1, -0.05) is 27.7 Å². The third kappa shape index (κ3) is 3.22. The number of phenolic OH excluding ortho intramolecular Hbond substituents is 1. The Labute approximate surface area is 174 Å². The third-order valence-electron chi connectivity index (χ3n) is 7.95. The third-order valence-corrected chi connectivity index (χ3v) is 7.95. The average molecular weight is 402 g/mol. The first-order chi connectivity index (χ1) is 13.7. The van der Waals surface area contributed by atoms with Crippen LogP contribution in [0.5, 0.6) is 11.5 Å². The van der Waals surface area contributed by atoms with Crippen molar-refractivity contribution >= 4 is 5.91 Å². The maximum Gasteiger partial charge on any atom is 0.220 e. The van der Waals surface area contributed by atoms with Crippen molar-refractivity contribution in [3.8, 4) is 11.5 Å². The number of benzene rings is 1. The Morgan fingerprint density at radius 1 is 1.38 bits per heavy atom. The fourth-order valence-corrected chi connectivity index (χ4v) is 6.57. The molecule has 0 radical (unpaired) electrons. The van der Waals surface area contributed by atoms with Crippen molar-refractivity contribution in [2.45, 2.75) is 65.5 Å². The minimum absolute atomic E-state index is 0.0270. The number of ether oxygens (including phenoxy) is 2. The highest BCUT2D eigenvalue weighted by atomic mass is 16.5. The number of rotatable bonds is 5. The summed E-state index contributed by atoms with van der Waals surface area (Å²) in [7, 11) is 1.64. The van der Waals surface area contributed by atoms with E-state index in [4.69, 9.17) is 9.47 Å². The molecule has 1 aromatic rings. The quantitative estimate of drug-likeness (QED) is 0.765. The molecule has 4 rings (SSSR count). The molecule has 1 spiro atoms. The van der Waals surface area contributed by atoms with E-state index in [0.29, 0.717) is 24.9 Å². The summed E-state index contributed by atoms with van der Waals surface area (Å²) in [5.74, 6) is 2.33. The van der Waals surface area contributed by atoms with Crippen LogP contribution in [0.15, 0.2) is 18.2 Å². The second kappa shape index (κ2) is 7.19. The number of carbonyl (C=O) groups excluding carboxylic acids is 1. The van der Waals surface area contributed by atoms with Crippen LogP contribution in [0.3, 0.4) is 0 Å². The van der Waals surface area contributed by atoms with Crippen LogP contribution in [-0.2, 0) is 9.53 Å². The summed E-state index contributed by atoms with van der Waals surface area (Å²) in [6.07, 6.45) is 3.57. The molecule has 1 heterocycles. The van der Waals surface area contributed by atoms with Gasteiger partial charge in [-0.05, 0) is 66.0 Å². The van der Waals surface area contributed by atoms with Crippen LogP contribution >= 0.6 is 0 Å². The molecule has 2 N–H and O–H groups in total. The number of methoxy groups -OCH3 is 1. The number of hydrogen-bond donors (Lipinski definition) is 2. The highest BCUT2D eigenvalue weighted by Crippen LogP contribution is 2.70. The van der Waals surface area contributed by atoms with Crippen LogP contribution in [0.25, 0.3) is 0 Å². The Morgan fingerprint density at radius 2 is 2.14 bits per heavy atom. The van der Waals surface area contributed by atoms with Gasteiger partial charge in [0.25, 0.3) is 0 Å². The standard InChI is InChI=1S/C24H35NO4/c1-14(2)10-20(27)25-22-23(3,4)15-11-18-21(29-9-8-24(18,22)13-15)17-12-16(28-5)6-7-19(17)26/h6-7,12,14-15,18,21-22,26H,8-11,13H2,1-5H3,(H,25,27)/t15-,18-,21-,22-,24-/m1/s1. The molecule has 2 aliphatic carbocycles. The van der Waals surface area contributed by atoms with E-state index in [1.54, 1.807) is 19.2 Å². The topological polar surface area (TPSA) is 67.8 Å². The smallest absolute Gasteiger partial charge is 0.220 e. The number of phenols is 1. The second-order valence-electron chi connectivity index (χ2n) is 10.4. The van der Waals surface area contributed by atoms with Crippen molar-refractivity contribution in [2.24, 2.45) is 28.6 Å². The van der Waals surface area contributed by atoms with E-state index >= 15 is 0 Å². The minimum atomic E-state index is -0.163. The van der Waals surface area contributed by atoms with E-state index in [1.165, 1.54) is 0 Å². The van der Waals surface area contributed by atoms with Gasteiger partial charge in [-0.25, -0.2) is 0 Å². The van der Waals surface area contributed by atoms with Crippen LogP contribution in [0.1, 0.15) is 65.0 Å². The van der Waals surface area contributed by atoms with E-state index in [0.717, 1.165) is 30.6 Å². The van der Waals surface area contributed by atoms with E-state index in [1.807, 2.05) is 6.07 Å². The van der Waals surface area contributed by atoms with E-state index in [-0.39, 0.29) is 40.6 Å². The lowest BCUT2D eigenvalue weighted by Gasteiger charge is -2.53. The molecule has 0 aromatic heterocycles. The molecule has 2 bridgehead atoms. The number of fused-ring (bicyclic) bond motifs is 1. The summed E-state index contributed by atoms with van der Waals surface area (Å²) in [5, 5.41) is 14.0. The Hall–Kier alpha value is -1.75. The Balaban J connectivity index is 1.67. The molecule has 160 valence electrons. The van der Waals surface area contributed by atoms with Crippen molar-refractivity contribution in [3.63, 3.8) is 0 Å². The fraction of sp³-hybridized carbons (Fsp3) is 0.708. The van der Waals surface area contributed by atoms with Gasteiger partial charge >= 0.3 is 0 Å². The normalized spacial score (nSPS) is 34.8. The number of carbonyl (C=O) groups is 1. The van der Waals surface area contributed by atoms with Crippen molar-refractivity contribution in [2.75, 3.05) is 13.7 Å². The van der Waals surface area contributed by atoms with Gasteiger partial charge in [-0.3, -0.25) is 4.79 Å². The van der Waals surface area contributed by atoms with Crippen LogP contribution in [0, 0.1) is 28.6 Å². The number of nitrogens with one attached hydrogen (secondary N) is 1. The summed E-state index contributed by atoms with van der Waals surface area (Å²) in [5.41, 5.74) is 0.909. The summed E-state index contributed by atoms with van der Waals surface area (Å²) >= 11 is 0. The zero-order chi connectivity index (χ0) is 21.0. The van der Waals surface area contributed by atoms with Crippen LogP contribution in [-0.4, -0.2) is 30.8 Å². The molecule has 3 aliphatic rings. The first-order valence-corrected chi connectivity index (χ1v) is 11.0. The van der Waals surface area contributed by atoms with Crippen LogP contribution in [0.2, 0.25) is 0 Å². The van der Waals surface area contributed by atoms with Gasteiger partial charge in [0, 0.05) is 24.6 Å². The van der Waals surface area contributed by atoms with Crippen molar-refractivity contribution in [1.29, 1.82) is 0 Å². The van der Waals surface area contributed by atoms with Gasteiger partial charge in [-0.15, -0.1) is 0 Å². The molecule has 5 atom stereocenters. The molecule has 1 saturated heterocycles. The van der Waals surface area contributed by atoms with E-state index in [9.17, 15) is 9.90 Å². The first-order valence-electron chi connectivity index (χ1n) is 11.0. The maximum absolute atomic E-state index is 12.7. The molecule has 5 nitrogen and oxygen atoms in total. The molecule has 2 saturated carbocycles. The summed E-state index contributed by atoms with van der Waals surface area (Å²) in [4.78, 5) is 12.7. The molecule has 29 heavy (non-hydrogen) atoms. The zero-order valence-corrected chi connectivity index (χ0v) is 18.3. The molecular weight excluding hydrogens is 366 g/mol. The van der Waals surface area contributed by atoms with Crippen LogP contribution in [0.4, 0.5) is 0 Å². The van der Waals surface area contributed by atoms with Gasteiger partial charge in [0.05, 0.1) is 13.2 Å². The van der Waals surface area contributed by atoms with Crippen molar-refractivity contribution in [3.05, 3.63) is 23.8 Å². The number of amides is 1. The van der Waals surface area contributed by atoms with Gasteiger partial charge in [0.2, 0.25) is 5.91 Å². The van der Waals surface area contributed by atoms with Crippen molar-refractivity contribution < 1.29 is 19.4 Å². The van der Waals surface area contributed by atoms with Gasteiger partial charge in [0.15, 0.2) is 0 Å². The predicted octanol–water partition coefficient (Wildman–Crippen LogP) is 4.45. The van der Waals surface area contributed by atoms with Gasteiger partial charge in [-0.2, -0.15) is 0 Å². The van der Waals surface area contributed by atoms with Crippen molar-refractivity contribution in [1.82, 2.24) is 5.32 Å². The highest BCUT2D eigenvalue weighted by molar-refractivity contribution is 5.76. The molecule has 1 aromatic carbocycles. The lowest BCUT2D eigenvalue weighted by atomic mass is 9.58.